The lowest BCUT2D eigenvalue weighted by Gasteiger charge is -2.14. The molecular formula is C8H14ClNO4S. The average Bonchev–Trinajstić information content (AvgIpc) is 2.66. The molecule has 0 amide bonds. The quantitative estimate of drug-likeness (QED) is 0.526. The minimum absolute atomic E-state index is 0.0712. The fourth-order valence-electron chi connectivity index (χ4n) is 1.57. The van der Waals surface area contributed by atoms with Crippen molar-refractivity contribution < 1.29 is 17.9 Å². The maximum Gasteiger partial charge on any atom is 0.310 e. The highest BCUT2D eigenvalue weighted by Gasteiger charge is 2.34. The number of rotatable bonds is 4. The molecule has 1 aliphatic heterocycles. The van der Waals surface area contributed by atoms with Crippen molar-refractivity contribution in [3.8, 4) is 0 Å². The van der Waals surface area contributed by atoms with Crippen molar-refractivity contribution in [1.29, 1.82) is 0 Å². The Balaban J connectivity index is 2.60. The van der Waals surface area contributed by atoms with E-state index < -0.39 is 10.0 Å². The smallest absolute Gasteiger partial charge is 0.310 e. The van der Waals surface area contributed by atoms with Crippen molar-refractivity contribution in [3.63, 3.8) is 0 Å². The summed E-state index contributed by atoms with van der Waals surface area (Å²) < 4.78 is 29.0. The molecule has 5 nitrogen and oxygen atoms in total. The number of methoxy groups -OCH3 is 1. The van der Waals surface area contributed by atoms with Gasteiger partial charge in [0, 0.05) is 19.0 Å². The second-order valence-electron chi connectivity index (χ2n) is 3.37. The van der Waals surface area contributed by atoms with Crippen LogP contribution in [0.4, 0.5) is 0 Å². The molecule has 0 radical (unpaired) electrons. The molecule has 0 spiro atoms. The van der Waals surface area contributed by atoms with Gasteiger partial charge in [-0.2, -0.15) is 0 Å². The molecule has 0 aromatic rings. The van der Waals surface area contributed by atoms with Gasteiger partial charge in [-0.1, -0.05) is 0 Å². The molecule has 15 heavy (non-hydrogen) atoms. The zero-order chi connectivity index (χ0) is 11.5. The summed E-state index contributed by atoms with van der Waals surface area (Å²) in [5.41, 5.74) is 0. The maximum atomic E-state index is 11.6. The predicted octanol–water partition coefficient (Wildman–Crippen LogP) is 0.0499. The molecule has 1 saturated heterocycles. The standard InChI is InChI=1S/C8H14ClNO4S/c1-14-8(11)7-2-4-10(6-7)15(12,13)5-3-9/h7H,2-6H2,1H3. The van der Waals surface area contributed by atoms with E-state index in [-0.39, 0.29) is 30.1 Å². The SMILES string of the molecule is COC(=O)C1CCN(S(=O)(=O)CCCl)C1. The van der Waals surface area contributed by atoms with Crippen LogP contribution in [0.3, 0.4) is 0 Å². The van der Waals surface area contributed by atoms with E-state index in [2.05, 4.69) is 4.74 Å². The van der Waals surface area contributed by atoms with Gasteiger partial charge in [-0.3, -0.25) is 4.79 Å². The molecule has 1 unspecified atom stereocenters. The first-order chi connectivity index (χ1) is 7.01. The van der Waals surface area contributed by atoms with E-state index in [1.54, 1.807) is 0 Å². The van der Waals surface area contributed by atoms with Crippen LogP contribution in [-0.4, -0.2) is 50.5 Å². The number of hydrogen-bond donors (Lipinski definition) is 0. The van der Waals surface area contributed by atoms with E-state index in [0.717, 1.165) is 0 Å². The zero-order valence-corrected chi connectivity index (χ0v) is 10.1. The van der Waals surface area contributed by atoms with Crippen LogP contribution in [0.1, 0.15) is 6.42 Å². The minimum atomic E-state index is -3.29. The molecule has 88 valence electrons. The van der Waals surface area contributed by atoms with Gasteiger partial charge in [0.1, 0.15) is 0 Å². The first-order valence-corrected chi connectivity index (χ1v) is 6.77. The van der Waals surface area contributed by atoms with Gasteiger partial charge < -0.3 is 4.74 Å². The number of carbonyl (C=O) groups excluding carboxylic acids is 1. The number of hydrogen-bond acceptors (Lipinski definition) is 4. The molecule has 1 aliphatic rings. The molecule has 1 heterocycles. The Morgan fingerprint density at radius 2 is 2.27 bits per heavy atom. The third-order valence-electron chi connectivity index (χ3n) is 2.41. The van der Waals surface area contributed by atoms with Gasteiger partial charge >= 0.3 is 5.97 Å². The van der Waals surface area contributed by atoms with E-state index in [9.17, 15) is 13.2 Å². The summed E-state index contributed by atoms with van der Waals surface area (Å²) >= 11 is 5.39. The van der Waals surface area contributed by atoms with Gasteiger partial charge in [-0.05, 0) is 6.42 Å². The second kappa shape index (κ2) is 5.14. The van der Waals surface area contributed by atoms with E-state index in [1.165, 1.54) is 11.4 Å². The number of ether oxygens (including phenoxy) is 1. The minimum Gasteiger partial charge on any atom is -0.469 e. The summed E-state index contributed by atoms with van der Waals surface area (Å²) in [4.78, 5) is 11.2. The fourth-order valence-corrected chi connectivity index (χ4v) is 3.40. The summed E-state index contributed by atoms with van der Waals surface area (Å²) in [5.74, 6) is -0.692. The van der Waals surface area contributed by atoms with E-state index >= 15 is 0 Å². The summed E-state index contributed by atoms with van der Waals surface area (Å²) in [7, 11) is -1.99. The Morgan fingerprint density at radius 3 is 2.80 bits per heavy atom. The summed E-state index contributed by atoms with van der Waals surface area (Å²) in [6, 6.07) is 0. The van der Waals surface area contributed by atoms with E-state index in [1.807, 2.05) is 0 Å². The van der Waals surface area contributed by atoms with Crippen LogP contribution in [-0.2, 0) is 19.6 Å². The predicted molar refractivity (Wildman–Crippen MR) is 56.2 cm³/mol. The maximum absolute atomic E-state index is 11.6. The third-order valence-corrected chi connectivity index (χ3v) is 4.67. The molecule has 0 N–H and O–H groups in total. The largest absolute Gasteiger partial charge is 0.469 e. The van der Waals surface area contributed by atoms with Gasteiger partial charge in [0.05, 0.1) is 18.8 Å². The lowest BCUT2D eigenvalue weighted by atomic mass is 10.1. The Morgan fingerprint density at radius 1 is 1.60 bits per heavy atom. The molecule has 0 aromatic carbocycles. The Bertz CT molecular complexity index is 330. The number of esters is 1. The molecular weight excluding hydrogens is 242 g/mol. The van der Waals surface area contributed by atoms with Crippen LogP contribution in [0.25, 0.3) is 0 Å². The Kier molecular flexibility index (Phi) is 4.36. The topological polar surface area (TPSA) is 63.7 Å². The van der Waals surface area contributed by atoms with E-state index in [0.29, 0.717) is 13.0 Å². The molecule has 0 aliphatic carbocycles. The van der Waals surface area contributed by atoms with Gasteiger partial charge in [0.2, 0.25) is 10.0 Å². The van der Waals surface area contributed by atoms with Gasteiger partial charge in [0.25, 0.3) is 0 Å². The lowest BCUT2D eigenvalue weighted by Crippen LogP contribution is -2.32. The molecule has 1 atom stereocenters. The fraction of sp³-hybridized carbons (Fsp3) is 0.875. The highest BCUT2D eigenvalue weighted by Crippen LogP contribution is 2.20. The van der Waals surface area contributed by atoms with E-state index in [4.69, 9.17) is 11.6 Å². The van der Waals surface area contributed by atoms with Crippen molar-refractivity contribution in [2.45, 2.75) is 6.42 Å². The van der Waals surface area contributed by atoms with Crippen molar-refractivity contribution in [2.24, 2.45) is 5.92 Å². The van der Waals surface area contributed by atoms with Gasteiger partial charge in [-0.25, -0.2) is 12.7 Å². The average molecular weight is 256 g/mol. The van der Waals surface area contributed by atoms with Crippen molar-refractivity contribution in [1.82, 2.24) is 4.31 Å². The molecule has 0 aromatic heterocycles. The lowest BCUT2D eigenvalue weighted by molar-refractivity contribution is -0.144. The first-order valence-electron chi connectivity index (χ1n) is 4.63. The zero-order valence-electron chi connectivity index (χ0n) is 8.48. The van der Waals surface area contributed by atoms with Crippen molar-refractivity contribution in [3.05, 3.63) is 0 Å². The monoisotopic (exact) mass is 255 g/mol. The highest BCUT2D eigenvalue weighted by molar-refractivity contribution is 7.89. The van der Waals surface area contributed by atoms with Crippen LogP contribution >= 0.6 is 11.6 Å². The number of sulfonamides is 1. The highest BCUT2D eigenvalue weighted by atomic mass is 35.5. The third kappa shape index (κ3) is 3.06. The van der Waals surface area contributed by atoms with Crippen LogP contribution in [0, 0.1) is 5.92 Å². The van der Waals surface area contributed by atoms with Crippen molar-refractivity contribution in [2.75, 3.05) is 31.8 Å². The Labute approximate surface area is 94.4 Å². The molecule has 1 rings (SSSR count). The number of carbonyl (C=O) groups is 1. The van der Waals surface area contributed by atoms with Crippen LogP contribution in [0.15, 0.2) is 0 Å². The number of halogens is 1. The van der Waals surface area contributed by atoms with Crippen molar-refractivity contribution >= 4 is 27.6 Å². The van der Waals surface area contributed by atoms with Gasteiger partial charge in [0.15, 0.2) is 0 Å². The van der Waals surface area contributed by atoms with Gasteiger partial charge in [-0.15, -0.1) is 11.6 Å². The molecule has 0 saturated carbocycles. The number of nitrogens with zero attached hydrogens (tertiary/aromatic N) is 1. The Hall–Kier alpha value is -0.330. The van der Waals surface area contributed by atoms with Crippen LogP contribution in [0.2, 0.25) is 0 Å². The normalized spacial score (nSPS) is 22.9. The van der Waals surface area contributed by atoms with Crippen LogP contribution < -0.4 is 0 Å². The first kappa shape index (κ1) is 12.7. The summed E-state index contributed by atoms with van der Waals surface area (Å²) in [6.45, 7) is 0.588. The summed E-state index contributed by atoms with van der Waals surface area (Å²) in [5, 5.41) is 0. The van der Waals surface area contributed by atoms with Crippen LogP contribution in [0.5, 0.6) is 0 Å². The molecule has 1 fully saturated rings. The summed E-state index contributed by atoms with van der Waals surface area (Å²) in [6.07, 6.45) is 0.522. The molecule has 0 bridgehead atoms. The number of alkyl halides is 1. The second-order valence-corrected chi connectivity index (χ2v) is 5.84. The molecule has 7 heteroatoms.